The number of hydrogen-bond donors (Lipinski definition) is 0. The zero-order valence-corrected chi connectivity index (χ0v) is 35.5. The fraction of sp³-hybridized carbons (Fsp3) is 0. The van der Waals surface area contributed by atoms with Crippen LogP contribution in [0, 0.1) is 0 Å². The molecular weight excluding hydrogens is 806 g/mol. The molecule has 0 N–H and O–H groups in total. The fourth-order valence-corrected chi connectivity index (χ4v) is 11.3. The van der Waals surface area contributed by atoms with E-state index in [0.29, 0.717) is 0 Å². The van der Waals surface area contributed by atoms with Crippen LogP contribution in [0.25, 0.3) is 88.0 Å². The topological polar surface area (TPSA) is 13.1 Å². The van der Waals surface area contributed by atoms with Gasteiger partial charge in [-0.3, -0.25) is 0 Å². The Hall–Kier alpha value is -7.50. The third kappa shape index (κ3) is 5.69. The van der Waals surface area contributed by atoms with Crippen molar-refractivity contribution in [1.82, 2.24) is 9.13 Å². The highest BCUT2D eigenvalue weighted by atomic mass is 35.5. The minimum absolute atomic E-state index is 0.737. The Morgan fingerprint density at radius 3 is 1.48 bits per heavy atom. The van der Waals surface area contributed by atoms with E-state index in [1.165, 1.54) is 81.5 Å². The van der Waals surface area contributed by atoms with Crippen LogP contribution >= 0.6 is 23.4 Å². The van der Waals surface area contributed by atoms with Crippen LogP contribution in [0.1, 0.15) is 0 Å². The Bertz CT molecular complexity index is 3790. The smallest absolute Gasteiger partial charge is 0.0788 e. The number of nitrogens with zero attached hydrogens (tertiary/aromatic N) is 3. The van der Waals surface area contributed by atoms with Gasteiger partial charge < -0.3 is 14.0 Å². The molecule has 13 rings (SSSR count). The summed E-state index contributed by atoms with van der Waals surface area (Å²) in [6, 6.07) is 79.2. The Morgan fingerprint density at radius 2 is 0.825 bits per heavy atom. The number of benzene rings is 10. The van der Waals surface area contributed by atoms with E-state index in [2.05, 4.69) is 226 Å². The van der Waals surface area contributed by atoms with Crippen LogP contribution in [-0.2, 0) is 0 Å². The standard InChI is InChI=1S/C58H36ClN3S/c59-49-21-12-24-56-58(49)62(50-23-11-14-37-13-7-8-19-44(37)50)55-32-28-41(36-57(55)63-56)40-27-31-54-48(35-40)47-34-39(26-30-53(47)61(54)43-17-5-2-6-18-43)38-25-29-52-46(33-38)45-20-9-10-22-51(45)60(52)42-15-3-1-4-16-42/h1-36H. The lowest BCUT2D eigenvalue weighted by Gasteiger charge is -2.34. The molecule has 63 heavy (non-hydrogen) atoms. The molecule has 0 unspecified atom stereocenters. The Morgan fingerprint density at radius 1 is 0.333 bits per heavy atom. The van der Waals surface area contributed by atoms with E-state index < -0.39 is 0 Å². The van der Waals surface area contributed by atoms with Crippen molar-refractivity contribution in [2.45, 2.75) is 9.79 Å². The maximum Gasteiger partial charge on any atom is 0.0788 e. The van der Waals surface area contributed by atoms with Crippen LogP contribution in [0.3, 0.4) is 0 Å². The molecule has 0 fully saturated rings. The highest BCUT2D eigenvalue weighted by Crippen LogP contribution is 2.55. The largest absolute Gasteiger partial charge is 0.309 e. The SMILES string of the molecule is Clc1cccc2c1N(c1cccc3ccccc13)c1ccc(-c3ccc4c(c3)c3cc(-c5ccc6c(c5)c5ccccc5n6-c5ccccc5)ccc3n4-c3ccccc3)cc1S2. The van der Waals surface area contributed by atoms with Gasteiger partial charge in [-0.25, -0.2) is 0 Å². The first kappa shape index (κ1) is 36.2. The Balaban J connectivity index is 0.972. The number of halogens is 1. The summed E-state index contributed by atoms with van der Waals surface area (Å²) in [5.74, 6) is 0. The number of rotatable bonds is 5. The third-order valence-electron chi connectivity index (χ3n) is 12.7. The van der Waals surface area contributed by atoms with Crippen LogP contribution < -0.4 is 4.90 Å². The highest BCUT2D eigenvalue weighted by Gasteiger charge is 2.28. The van der Waals surface area contributed by atoms with Crippen molar-refractivity contribution >= 4 is 94.8 Å². The molecule has 0 radical (unpaired) electrons. The normalized spacial score (nSPS) is 12.4. The molecule has 0 aliphatic carbocycles. The van der Waals surface area contributed by atoms with E-state index in [4.69, 9.17) is 11.6 Å². The van der Waals surface area contributed by atoms with E-state index >= 15 is 0 Å². The molecule has 2 aromatic heterocycles. The van der Waals surface area contributed by atoms with Crippen molar-refractivity contribution in [3.63, 3.8) is 0 Å². The second-order valence-corrected chi connectivity index (χ2v) is 17.8. The van der Waals surface area contributed by atoms with Gasteiger partial charge in [-0.1, -0.05) is 145 Å². The van der Waals surface area contributed by atoms with Crippen LogP contribution in [0.4, 0.5) is 17.1 Å². The molecule has 0 saturated heterocycles. The summed E-state index contributed by atoms with van der Waals surface area (Å²) >= 11 is 8.83. The average molecular weight is 842 g/mol. The van der Waals surface area contributed by atoms with Crippen LogP contribution in [0.5, 0.6) is 0 Å². The minimum atomic E-state index is 0.737. The van der Waals surface area contributed by atoms with E-state index in [1.54, 1.807) is 11.8 Å². The third-order valence-corrected chi connectivity index (χ3v) is 14.1. The van der Waals surface area contributed by atoms with Gasteiger partial charge in [0.1, 0.15) is 0 Å². The van der Waals surface area contributed by atoms with Crippen molar-refractivity contribution in [2.24, 2.45) is 0 Å². The summed E-state index contributed by atoms with van der Waals surface area (Å²) in [5.41, 5.74) is 15.1. The first-order valence-electron chi connectivity index (χ1n) is 21.3. The summed E-state index contributed by atoms with van der Waals surface area (Å²) in [5, 5.41) is 8.05. The van der Waals surface area contributed by atoms with Crippen molar-refractivity contribution < 1.29 is 0 Å². The molecule has 10 aromatic carbocycles. The van der Waals surface area contributed by atoms with Gasteiger partial charge in [0.25, 0.3) is 0 Å². The van der Waals surface area contributed by atoms with E-state index in [0.717, 1.165) is 38.4 Å². The highest BCUT2D eigenvalue weighted by molar-refractivity contribution is 7.99. The quantitative estimate of drug-likeness (QED) is 0.171. The van der Waals surface area contributed by atoms with Crippen molar-refractivity contribution in [2.75, 3.05) is 4.90 Å². The number of hydrogen-bond acceptors (Lipinski definition) is 2. The predicted octanol–water partition coefficient (Wildman–Crippen LogP) is 17.0. The van der Waals surface area contributed by atoms with E-state index in [-0.39, 0.29) is 0 Å². The first-order valence-corrected chi connectivity index (χ1v) is 22.5. The molecule has 296 valence electrons. The lowest BCUT2D eigenvalue weighted by Crippen LogP contribution is -2.15. The molecule has 0 bridgehead atoms. The molecule has 12 aromatic rings. The average Bonchev–Trinajstić information content (AvgIpc) is 3.85. The van der Waals surface area contributed by atoms with E-state index in [9.17, 15) is 0 Å². The lowest BCUT2D eigenvalue weighted by molar-refractivity contribution is 1.17. The molecule has 3 nitrogen and oxygen atoms in total. The zero-order valence-electron chi connectivity index (χ0n) is 33.9. The Labute approximate surface area is 373 Å². The molecule has 0 spiro atoms. The monoisotopic (exact) mass is 841 g/mol. The van der Waals surface area contributed by atoms with Crippen LogP contribution in [-0.4, -0.2) is 9.13 Å². The van der Waals surface area contributed by atoms with Gasteiger partial charge in [-0.15, -0.1) is 0 Å². The van der Waals surface area contributed by atoms with Crippen molar-refractivity contribution in [3.05, 3.63) is 223 Å². The minimum Gasteiger partial charge on any atom is -0.309 e. The predicted molar refractivity (Wildman–Crippen MR) is 267 cm³/mol. The van der Waals surface area contributed by atoms with Gasteiger partial charge in [-0.2, -0.15) is 0 Å². The maximum atomic E-state index is 7.05. The number of para-hydroxylation sites is 4. The van der Waals surface area contributed by atoms with Crippen LogP contribution in [0.15, 0.2) is 228 Å². The van der Waals surface area contributed by atoms with E-state index in [1.807, 2.05) is 6.07 Å². The molecule has 0 amide bonds. The van der Waals surface area contributed by atoms with Crippen molar-refractivity contribution in [3.8, 4) is 33.6 Å². The van der Waals surface area contributed by atoms with Gasteiger partial charge >= 0.3 is 0 Å². The maximum absolute atomic E-state index is 7.05. The molecule has 3 heterocycles. The molecule has 0 atom stereocenters. The second kappa shape index (κ2) is 14.3. The molecule has 0 saturated carbocycles. The second-order valence-electron chi connectivity index (χ2n) is 16.3. The van der Waals surface area contributed by atoms with Crippen molar-refractivity contribution in [1.29, 1.82) is 0 Å². The fourth-order valence-electron chi connectivity index (χ4n) is 9.89. The first-order chi connectivity index (χ1) is 31.2. The molecular formula is C58H36ClN3S. The summed E-state index contributed by atoms with van der Waals surface area (Å²) in [6.07, 6.45) is 0. The lowest BCUT2D eigenvalue weighted by atomic mass is 9.99. The van der Waals surface area contributed by atoms with Gasteiger partial charge in [0, 0.05) is 48.1 Å². The number of fused-ring (bicyclic) bond motifs is 9. The van der Waals surface area contributed by atoms with Gasteiger partial charge in [0.05, 0.1) is 44.2 Å². The number of anilines is 3. The zero-order chi connectivity index (χ0) is 41.6. The summed E-state index contributed by atoms with van der Waals surface area (Å²) in [7, 11) is 0. The van der Waals surface area contributed by atoms with Gasteiger partial charge in [0.2, 0.25) is 0 Å². The summed E-state index contributed by atoms with van der Waals surface area (Å²) < 4.78 is 4.78. The van der Waals surface area contributed by atoms with Gasteiger partial charge in [-0.05, 0) is 125 Å². The summed E-state index contributed by atoms with van der Waals surface area (Å²) in [6.45, 7) is 0. The van der Waals surface area contributed by atoms with Crippen LogP contribution in [0.2, 0.25) is 5.02 Å². The summed E-state index contributed by atoms with van der Waals surface area (Å²) in [4.78, 5) is 4.68. The molecule has 1 aliphatic rings. The molecule has 5 heteroatoms. The molecule has 1 aliphatic heterocycles. The number of aromatic nitrogens is 2. The van der Waals surface area contributed by atoms with Gasteiger partial charge in [0.15, 0.2) is 0 Å². The Kier molecular flexibility index (Phi) is 8.20.